The Morgan fingerprint density at radius 1 is 0.383 bits per heavy atom. The third-order valence-corrected chi connectivity index (χ3v) is 8.49. The van der Waals surface area contributed by atoms with Crippen molar-refractivity contribution >= 4 is 32.6 Å². The fraction of sp³-hybridized carbons (Fsp3) is 0. The molecule has 0 fully saturated rings. The lowest BCUT2D eigenvalue weighted by Gasteiger charge is -2.11. The van der Waals surface area contributed by atoms with Crippen LogP contribution in [-0.4, -0.2) is 29.9 Å². The van der Waals surface area contributed by atoms with Crippen molar-refractivity contribution in [1.29, 1.82) is 0 Å². The minimum absolute atomic E-state index is 0.609. The second kappa shape index (κ2) is 11.1. The van der Waals surface area contributed by atoms with Gasteiger partial charge in [-0.3, -0.25) is 0 Å². The Morgan fingerprint density at radius 3 is 1.68 bits per heavy atom. The van der Waals surface area contributed by atoms with Gasteiger partial charge in [-0.1, -0.05) is 127 Å². The molecule has 2 heterocycles. The molecule has 0 spiro atoms. The summed E-state index contributed by atoms with van der Waals surface area (Å²) in [7, 11) is 0. The largest absolute Gasteiger partial charge is 0.208 e. The van der Waals surface area contributed by atoms with Gasteiger partial charge in [0.2, 0.25) is 0 Å². The molecule has 0 amide bonds. The Balaban J connectivity index is 1.24. The number of hydrogen-bond acceptors (Lipinski definition) is 5. The molecule has 0 aliphatic rings. The highest BCUT2D eigenvalue weighted by Gasteiger charge is 2.16. The normalized spacial score (nSPS) is 11.4. The number of fused-ring (bicyclic) bond motifs is 5. The van der Waals surface area contributed by atoms with E-state index in [2.05, 4.69) is 84.9 Å². The second-order valence-corrected chi connectivity index (χ2v) is 11.5. The van der Waals surface area contributed by atoms with Crippen molar-refractivity contribution < 1.29 is 0 Å². The summed E-state index contributed by atoms with van der Waals surface area (Å²) >= 11 is 0. The third-order valence-electron chi connectivity index (χ3n) is 8.49. The van der Waals surface area contributed by atoms with Crippen molar-refractivity contribution in [3.63, 3.8) is 0 Å². The summed E-state index contributed by atoms with van der Waals surface area (Å²) in [5.74, 6) is 1.86. The van der Waals surface area contributed by atoms with Crippen molar-refractivity contribution in [2.75, 3.05) is 0 Å². The fourth-order valence-electron chi connectivity index (χ4n) is 6.15. The monoisotopic (exact) mass is 602 g/mol. The molecular weight excluding hydrogens is 576 g/mol. The maximum atomic E-state index is 5.07. The molecule has 0 aliphatic carbocycles. The van der Waals surface area contributed by atoms with E-state index in [4.69, 9.17) is 25.1 Å². The zero-order valence-electron chi connectivity index (χ0n) is 25.2. The summed E-state index contributed by atoms with van der Waals surface area (Å²) in [5, 5.41) is 14.1. The predicted molar refractivity (Wildman–Crippen MR) is 189 cm³/mol. The molecule has 0 unspecified atom stereocenters. The maximum absolute atomic E-state index is 5.07. The van der Waals surface area contributed by atoms with Gasteiger partial charge >= 0.3 is 0 Å². The van der Waals surface area contributed by atoms with Crippen LogP contribution in [0.5, 0.6) is 0 Å². The lowest BCUT2D eigenvalue weighted by Crippen LogP contribution is -2.00. The molecule has 0 atom stereocenters. The number of rotatable bonds is 5. The molecule has 2 aromatic heterocycles. The first-order chi connectivity index (χ1) is 23.3. The van der Waals surface area contributed by atoms with E-state index in [1.807, 2.05) is 72.8 Å². The Hall–Kier alpha value is -6.53. The zero-order valence-corrected chi connectivity index (χ0v) is 25.2. The summed E-state index contributed by atoms with van der Waals surface area (Å²) in [6.07, 6.45) is 0. The molecule has 9 rings (SSSR count). The van der Waals surface area contributed by atoms with Gasteiger partial charge in [0, 0.05) is 22.1 Å². The Kier molecular flexibility index (Phi) is 6.35. The Labute approximate surface area is 270 Å². The minimum Gasteiger partial charge on any atom is -0.208 e. The molecule has 47 heavy (non-hydrogen) atoms. The van der Waals surface area contributed by atoms with E-state index in [-0.39, 0.29) is 0 Å². The topological polar surface area (TPSA) is 69.4 Å². The van der Waals surface area contributed by atoms with Crippen LogP contribution in [-0.2, 0) is 0 Å². The molecule has 0 aliphatic heterocycles. The van der Waals surface area contributed by atoms with E-state index >= 15 is 0 Å². The number of aromatic nitrogens is 6. The molecule has 6 nitrogen and oxygen atoms in total. The van der Waals surface area contributed by atoms with Crippen LogP contribution in [0.1, 0.15) is 0 Å². The van der Waals surface area contributed by atoms with E-state index in [1.165, 1.54) is 0 Å². The van der Waals surface area contributed by atoms with Crippen molar-refractivity contribution in [3.8, 4) is 51.0 Å². The molecule has 6 heteroatoms. The van der Waals surface area contributed by atoms with Crippen LogP contribution in [0.2, 0.25) is 0 Å². The first-order valence-electron chi connectivity index (χ1n) is 15.5. The SMILES string of the molecule is c1ccc(-c2cccc(-c3nc(-c4ccccc4)nc(-c4ccc5ccc6ccc7nn(-c8ccccc8)nc7c6c5c4)n3)c2)cc1. The second-order valence-electron chi connectivity index (χ2n) is 11.5. The first-order valence-corrected chi connectivity index (χ1v) is 15.5. The van der Waals surface area contributed by atoms with Gasteiger partial charge in [0.25, 0.3) is 0 Å². The maximum Gasteiger partial charge on any atom is 0.164 e. The molecule has 220 valence electrons. The minimum atomic E-state index is 0.609. The van der Waals surface area contributed by atoms with Gasteiger partial charge in [0.05, 0.1) is 5.69 Å². The molecule has 0 saturated carbocycles. The number of hydrogen-bond donors (Lipinski definition) is 0. The summed E-state index contributed by atoms with van der Waals surface area (Å²) in [6.45, 7) is 0. The Morgan fingerprint density at radius 2 is 0.936 bits per heavy atom. The van der Waals surface area contributed by atoms with Gasteiger partial charge in [-0.25, -0.2) is 15.0 Å². The van der Waals surface area contributed by atoms with Crippen LogP contribution in [0.4, 0.5) is 0 Å². The van der Waals surface area contributed by atoms with Crippen molar-refractivity contribution in [2.45, 2.75) is 0 Å². The van der Waals surface area contributed by atoms with Gasteiger partial charge in [-0.15, -0.1) is 10.2 Å². The lowest BCUT2D eigenvalue weighted by atomic mass is 9.98. The van der Waals surface area contributed by atoms with Crippen LogP contribution in [0.25, 0.3) is 83.6 Å². The molecule has 9 aromatic rings. The number of benzene rings is 7. The molecule has 7 aromatic carbocycles. The van der Waals surface area contributed by atoms with Gasteiger partial charge in [-0.05, 0) is 57.6 Å². The summed E-state index contributed by atoms with van der Waals surface area (Å²) in [6, 6.07) is 53.6. The van der Waals surface area contributed by atoms with E-state index < -0.39 is 0 Å². The lowest BCUT2D eigenvalue weighted by molar-refractivity contribution is 0.766. The van der Waals surface area contributed by atoms with Crippen LogP contribution in [0.3, 0.4) is 0 Å². The van der Waals surface area contributed by atoms with E-state index in [0.717, 1.165) is 66.1 Å². The highest BCUT2D eigenvalue weighted by Crippen LogP contribution is 2.34. The third kappa shape index (κ3) is 4.89. The van der Waals surface area contributed by atoms with Crippen LogP contribution in [0, 0.1) is 0 Å². The van der Waals surface area contributed by atoms with Gasteiger partial charge < -0.3 is 0 Å². The molecule has 0 saturated heterocycles. The molecule has 0 bridgehead atoms. The highest BCUT2D eigenvalue weighted by atomic mass is 15.5. The summed E-state index contributed by atoms with van der Waals surface area (Å²) in [4.78, 5) is 16.8. The van der Waals surface area contributed by atoms with Crippen LogP contribution in [0.15, 0.2) is 158 Å². The zero-order chi connectivity index (χ0) is 31.2. The molecular formula is C41H26N6. The number of para-hydroxylation sites is 1. The average molecular weight is 603 g/mol. The van der Waals surface area contributed by atoms with Gasteiger partial charge in [0.1, 0.15) is 11.0 Å². The standard InChI is InChI=1S/C41H26N6/c1-4-11-27(12-5-1)31-15-10-16-32(25-31)40-42-39(30-13-6-2-7-14-30)43-41(44-40)33-22-20-28-19-21-29-23-24-36-38(37(29)35(28)26-33)46-47(45-36)34-17-8-3-9-18-34/h1-26H. The van der Waals surface area contributed by atoms with Crippen molar-refractivity contribution in [3.05, 3.63) is 158 Å². The smallest absolute Gasteiger partial charge is 0.164 e. The molecule has 0 N–H and O–H groups in total. The Bertz CT molecular complexity index is 2560. The fourth-order valence-corrected chi connectivity index (χ4v) is 6.15. The summed E-state index contributed by atoms with van der Waals surface area (Å²) < 4.78 is 0. The average Bonchev–Trinajstić information content (AvgIpc) is 3.60. The van der Waals surface area contributed by atoms with Crippen molar-refractivity contribution in [1.82, 2.24) is 29.9 Å². The van der Waals surface area contributed by atoms with E-state index in [1.54, 1.807) is 4.80 Å². The first kappa shape index (κ1) is 26.8. The van der Waals surface area contributed by atoms with Gasteiger partial charge in [0.15, 0.2) is 17.5 Å². The predicted octanol–water partition coefficient (Wildman–Crippen LogP) is 9.58. The highest BCUT2D eigenvalue weighted by molar-refractivity contribution is 6.18. The van der Waals surface area contributed by atoms with E-state index in [9.17, 15) is 0 Å². The van der Waals surface area contributed by atoms with Crippen molar-refractivity contribution in [2.24, 2.45) is 0 Å². The molecule has 0 radical (unpaired) electrons. The van der Waals surface area contributed by atoms with Crippen LogP contribution < -0.4 is 0 Å². The number of nitrogens with zero attached hydrogens (tertiary/aromatic N) is 6. The van der Waals surface area contributed by atoms with Crippen LogP contribution >= 0.6 is 0 Å². The van der Waals surface area contributed by atoms with Gasteiger partial charge in [-0.2, -0.15) is 4.80 Å². The quantitative estimate of drug-likeness (QED) is 0.184. The summed E-state index contributed by atoms with van der Waals surface area (Å²) in [5.41, 5.74) is 7.62. The van der Waals surface area contributed by atoms with E-state index in [0.29, 0.717) is 17.5 Å².